The second-order valence-corrected chi connectivity index (χ2v) is 8.76. The van der Waals surface area contributed by atoms with E-state index in [4.69, 9.17) is 9.52 Å². The van der Waals surface area contributed by atoms with Gasteiger partial charge in [0.15, 0.2) is 0 Å². The van der Waals surface area contributed by atoms with Crippen molar-refractivity contribution in [2.75, 3.05) is 33.2 Å². The van der Waals surface area contributed by atoms with Gasteiger partial charge in [-0.25, -0.2) is 0 Å². The Labute approximate surface area is 165 Å². The summed E-state index contributed by atoms with van der Waals surface area (Å²) in [5.74, 6) is 0.347. The highest BCUT2D eigenvalue weighted by molar-refractivity contribution is 5.83. The third-order valence-electron chi connectivity index (χ3n) is 6.68. The molecule has 2 aromatic rings. The average Bonchev–Trinajstić information content (AvgIpc) is 3.41. The lowest BCUT2D eigenvalue weighted by molar-refractivity contribution is -0.143. The van der Waals surface area contributed by atoms with Crippen LogP contribution in [0.15, 0.2) is 29.1 Å². The average molecular weight is 383 g/mol. The van der Waals surface area contributed by atoms with E-state index in [9.17, 15) is 4.79 Å². The van der Waals surface area contributed by atoms with Gasteiger partial charge in [0.2, 0.25) is 5.91 Å². The second kappa shape index (κ2) is 7.04. The van der Waals surface area contributed by atoms with Gasteiger partial charge in [0.05, 0.1) is 35.9 Å². The van der Waals surface area contributed by atoms with Gasteiger partial charge in [0.25, 0.3) is 0 Å². The number of carbonyl (C=O) groups is 1. The van der Waals surface area contributed by atoms with Gasteiger partial charge in [-0.3, -0.25) is 19.3 Å². The zero-order valence-electron chi connectivity index (χ0n) is 16.6. The SMILES string of the molecule is CN1CCCC2(CCN(Cc3cc4n(n3)CCN(Cc3ccoc3)C4)C2)C1=O. The van der Waals surface area contributed by atoms with Crippen molar-refractivity contribution in [3.05, 3.63) is 41.6 Å². The summed E-state index contributed by atoms with van der Waals surface area (Å²) >= 11 is 0. The zero-order valence-corrected chi connectivity index (χ0v) is 16.6. The molecule has 1 atom stereocenters. The molecule has 0 saturated carbocycles. The fourth-order valence-electron chi connectivity index (χ4n) is 5.20. The molecule has 7 heteroatoms. The van der Waals surface area contributed by atoms with Crippen molar-refractivity contribution in [3.8, 4) is 0 Å². The Balaban J connectivity index is 1.22. The third kappa shape index (κ3) is 3.26. The van der Waals surface area contributed by atoms with E-state index in [1.165, 1.54) is 11.3 Å². The fraction of sp³-hybridized carbons (Fsp3) is 0.619. The number of nitrogens with zero attached hydrogens (tertiary/aromatic N) is 5. The molecule has 2 saturated heterocycles. The van der Waals surface area contributed by atoms with Crippen LogP contribution in [-0.2, 0) is 31.0 Å². The smallest absolute Gasteiger partial charge is 0.229 e. The molecule has 0 N–H and O–H groups in total. The molecule has 28 heavy (non-hydrogen) atoms. The first-order chi connectivity index (χ1) is 13.6. The zero-order chi connectivity index (χ0) is 19.1. The van der Waals surface area contributed by atoms with E-state index in [-0.39, 0.29) is 5.41 Å². The highest BCUT2D eigenvalue weighted by Crippen LogP contribution is 2.40. The number of carbonyl (C=O) groups excluding carboxylic acids is 1. The molecule has 0 aliphatic carbocycles. The van der Waals surface area contributed by atoms with E-state index < -0.39 is 0 Å². The van der Waals surface area contributed by atoms with Crippen molar-refractivity contribution >= 4 is 5.91 Å². The lowest BCUT2D eigenvalue weighted by atomic mass is 9.78. The van der Waals surface area contributed by atoms with Crippen molar-refractivity contribution < 1.29 is 9.21 Å². The molecule has 0 bridgehead atoms. The highest BCUT2D eigenvalue weighted by Gasteiger charge is 2.47. The van der Waals surface area contributed by atoms with Crippen LogP contribution in [-0.4, -0.2) is 63.6 Å². The number of amides is 1. The van der Waals surface area contributed by atoms with Gasteiger partial charge < -0.3 is 9.32 Å². The maximum absolute atomic E-state index is 12.7. The number of furan rings is 1. The monoisotopic (exact) mass is 383 g/mol. The van der Waals surface area contributed by atoms with Crippen molar-refractivity contribution in [1.29, 1.82) is 0 Å². The van der Waals surface area contributed by atoms with Gasteiger partial charge in [-0.2, -0.15) is 5.10 Å². The second-order valence-electron chi connectivity index (χ2n) is 8.76. The quantitative estimate of drug-likeness (QED) is 0.808. The van der Waals surface area contributed by atoms with Crippen LogP contribution in [0, 0.1) is 5.41 Å². The third-order valence-corrected chi connectivity index (χ3v) is 6.68. The Hall–Kier alpha value is -2.12. The van der Waals surface area contributed by atoms with Crippen molar-refractivity contribution in [2.24, 2.45) is 5.41 Å². The highest BCUT2D eigenvalue weighted by atomic mass is 16.3. The van der Waals surface area contributed by atoms with Crippen LogP contribution in [0.3, 0.4) is 0 Å². The van der Waals surface area contributed by atoms with E-state index in [0.29, 0.717) is 5.91 Å². The van der Waals surface area contributed by atoms with Crippen LogP contribution in [0.1, 0.15) is 36.2 Å². The standard InChI is InChI=1S/C21H29N5O2/c1-23-6-2-4-21(20(23)27)5-7-25(16-21)13-18-11-19-14-24(8-9-26(19)22-18)12-17-3-10-28-15-17/h3,10-11,15H,2,4-9,12-14,16H2,1H3. The number of piperidine rings is 1. The van der Waals surface area contributed by atoms with E-state index in [2.05, 4.69) is 20.5 Å². The maximum Gasteiger partial charge on any atom is 0.229 e. The van der Waals surface area contributed by atoms with Crippen LogP contribution in [0.25, 0.3) is 0 Å². The molecule has 2 fully saturated rings. The fourth-order valence-corrected chi connectivity index (χ4v) is 5.20. The Morgan fingerprint density at radius 2 is 2.07 bits per heavy atom. The van der Waals surface area contributed by atoms with Crippen LogP contribution in [0.5, 0.6) is 0 Å². The predicted molar refractivity (Wildman–Crippen MR) is 104 cm³/mol. The molecular weight excluding hydrogens is 354 g/mol. The van der Waals surface area contributed by atoms with Crippen molar-refractivity contribution in [3.63, 3.8) is 0 Å². The van der Waals surface area contributed by atoms with Crippen molar-refractivity contribution in [1.82, 2.24) is 24.5 Å². The topological polar surface area (TPSA) is 57.8 Å². The Morgan fingerprint density at radius 3 is 2.93 bits per heavy atom. The first-order valence-corrected chi connectivity index (χ1v) is 10.4. The van der Waals surface area contributed by atoms with Gasteiger partial charge in [-0.1, -0.05) is 0 Å². The molecule has 150 valence electrons. The van der Waals surface area contributed by atoms with E-state index >= 15 is 0 Å². The number of fused-ring (bicyclic) bond motifs is 1. The largest absolute Gasteiger partial charge is 0.472 e. The molecule has 0 radical (unpaired) electrons. The first kappa shape index (κ1) is 17.9. The molecule has 2 aromatic heterocycles. The minimum atomic E-state index is -0.145. The molecule has 0 aromatic carbocycles. The number of likely N-dealkylation sites (tertiary alicyclic amines) is 2. The number of aromatic nitrogens is 2. The van der Waals surface area contributed by atoms with Gasteiger partial charge in [0, 0.05) is 51.9 Å². The molecule has 3 aliphatic heterocycles. The molecule has 1 spiro atoms. The lowest BCUT2D eigenvalue weighted by Gasteiger charge is -2.37. The van der Waals surface area contributed by atoms with Crippen LogP contribution in [0.2, 0.25) is 0 Å². The molecule has 7 nitrogen and oxygen atoms in total. The molecule has 5 rings (SSSR count). The lowest BCUT2D eigenvalue weighted by Crippen LogP contribution is -2.48. The predicted octanol–water partition coefficient (Wildman–Crippen LogP) is 1.94. The van der Waals surface area contributed by atoms with E-state index in [1.807, 2.05) is 24.3 Å². The van der Waals surface area contributed by atoms with Crippen molar-refractivity contribution in [2.45, 2.75) is 45.4 Å². The number of hydrogen-bond donors (Lipinski definition) is 0. The number of hydrogen-bond acceptors (Lipinski definition) is 5. The summed E-state index contributed by atoms with van der Waals surface area (Å²) in [7, 11) is 1.95. The minimum absolute atomic E-state index is 0.145. The van der Waals surface area contributed by atoms with Gasteiger partial charge in [0.1, 0.15) is 0 Å². The van der Waals surface area contributed by atoms with Crippen LogP contribution < -0.4 is 0 Å². The summed E-state index contributed by atoms with van der Waals surface area (Å²) in [6.45, 7) is 7.41. The maximum atomic E-state index is 12.7. The van der Waals surface area contributed by atoms with E-state index in [0.717, 1.165) is 77.3 Å². The summed E-state index contributed by atoms with van der Waals surface area (Å²) in [5.41, 5.74) is 3.49. The Bertz CT molecular complexity index is 845. The molecule has 1 unspecified atom stereocenters. The molecular formula is C21H29N5O2. The summed E-state index contributed by atoms with van der Waals surface area (Å²) in [5, 5.41) is 4.85. The molecule has 5 heterocycles. The van der Waals surface area contributed by atoms with E-state index in [1.54, 1.807) is 6.26 Å². The first-order valence-electron chi connectivity index (χ1n) is 10.4. The summed E-state index contributed by atoms with van der Waals surface area (Å²) in [6, 6.07) is 4.28. The van der Waals surface area contributed by atoms with Crippen LogP contribution in [0.4, 0.5) is 0 Å². The summed E-state index contributed by atoms with van der Waals surface area (Å²) in [4.78, 5) is 19.5. The minimum Gasteiger partial charge on any atom is -0.472 e. The summed E-state index contributed by atoms with van der Waals surface area (Å²) in [6.07, 6.45) is 6.71. The Morgan fingerprint density at radius 1 is 1.14 bits per heavy atom. The van der Waals surface area contributed by atoms with Crippen LogP contribution >= 0.6 is 0 Å². The summed E-state index contributed by atoms with van der Waals surface area (Å²) < 4.78 is 7.35. The Kier molecular flexibility index (Phi) is 4.51. The number of rotatable bonds is 4. The molecule has 1 amide bonds. The van der Waals surface area contributed by atoms with Gasteiger partial charge >= 0.3 is 0 Å². The van der Waals surface area contributed by atoms with Gasteiger partial charge in [-0.05, 0) is 37.9 Å². The van der Waals surface area contributed by atoms with Gasteiger partial charge in [-0.15, -0.1) is 0 Å². The molecule has 3 aliphatic rings. The normalized spacial score (nSPS) is 26.3.